The zero-order valence-corrected chi connectivity index (χ0v) is 11.5. The SMILES string of the molecule is Cc1cc(C(=O)N[C@H]2c3ccccc3C[C@H]2O)n(C)n1. The first-order chi connectivity index (χ1) is 9.56. The van der Waals surface area contributed by atoms with Gasteiger partial charge in [-0.1, -0.05) is 24.3 Å². The predicted octanol–water partition coefficient (Wildman–Crippen LogP) is 1.12. The Hall–Kier alpha value is -2.14. The minimum Gasteiger partial charge on any atom is -0.390 e. The Balaban J connectivity index is 1.85. The average molecular weight is 271 g/mol. The first kappa shape index (κ1) is 12.9. The van der Waals surface area contributed by atoms with E-state index in [0.29, 0.717) is 12.1 Å². The fourth-order valence-corrected chi connectivity index (χ4v) is 2.79. The Morgan fingerprint density at radius 3 is 2.90 bits per heavy atom. The van der Waals surface area contributed by atoms with Gasteiger partial charge in [0.15, 0.2) is 0 Å². The largest absolute Gasteiger partial charge is 0.390 e. The van der Waals surface area contributed by atoms with Crippen molar-refractivity contribution in [3.63, 3.8) is 0 Å². The van der Waals surface area contributed by atoms with Crippen LogP contribution in [0.5, 0.6) is 0 Å². The van der Waals surface area contributed by atoms with Gasteiger partial charge in [0.25, 0.3) is 5.91 Å². The molecule has 0 aliphatic heterocycles. The third kappa shape index (κ3) is 2.10. The number of aliphatic hydroxyl groups excluding tert-OH is 1. The number of amides is 1. The number of benzene rings is 1. The average Bonchev–Trinajstić information content (AvgIpc) is 2.90. The first-order valence-corrected chi connectivity index (χ1v) is 6.63. The molecule has 0 fully saturated rings. The highest BCUT2D eigenvalue weighted by Crippen LogP contribution is 2.31. The number of rotatable bonds is 2. The number of hydrogen-bond acceptors (Lipinski definition) is 3. The lowest BCUT2D eigenvalue weighted by Crippen LogP contribution is -2.34. The molecule has 2 atom stereocenters. The summed E-state index contributed by atoms with van der Waals surface area (Å²) in [7, 11) is 1.74. The van der Waals surface area contributed by atoms with E-state index in [0.717, 1.165) is 16.8 Å². The normalized spacial score (nSPS) is 20.8. The third-order valence-corrected chi connectivity index (χ3v) is 3.73. The Morgan fingerprint density at radius 1 is 1.45 bits per heavy atom. The Morgan fingerprint density at radius 2 is 2.20 bits per heavy atom. The lowest BCUT2D eigenvalue weighted by atomic mass is 10.1. The second-order valence-corrected chi connectivity index (χ2v) is 5.22. The smallest absolute Gasteiger partial charge is 0.270 e. The predicted molar refractivity (Wildman–Crippen MR) is 74.3 cm³/mol. The van der Waals surface area contributed by atoms with Gasteiger partial charge in [0, 0.05) is 13.5 Å². The zero-order chi connectivity index (χ0) is 14.3. The van der Waals surface area contributed by atoms with E-state index in [1.165, 1.54) is 0 Å². The topological polar surface area (TPSA) is 67.2 Å². The van der Waals surface area contributed by atoms with Gasteiger partial charge in [0.2, 0.25) is 0 Å². The molecular weight excluding hydrogens is 254 g/mol. The monoisotopic (exact) mass is 271 g/mol. The minimum atomic E-state index is -0.578. The lowest BCUT2D eigenvalue weighted by Gasteiger charge is -2.17. The van der Waals surface area contributed by atoms with Crippen LogP contribution in [-0.2, 0) is 13.5 Å². The van der Waals surface area contributed by atoms with Gasteiger partial charge < -0.3 is 10.4 Å². The van der Waals surface area contributed by atoms with Crippen molar-refractivity contribution in [2.45, 2.75) is 25.5 Å². The van der Waals surface area contributed by atoms with Gasteiger partial charge in [0.05, 0.1) is 17.8 Å². The van der Waals surface area contributed by atoms with Gasteiger partial charge in [-0.05, 0) is 24.1 Å². The fraction of sp³-hybridized carbons (Fsp3) is 0.333. The van der Waals surface area contributed by atoms with E-state index in [4.69, 9.17) is 0 Å². The molecule has 1 heterocycles. The summed E-state index contributed by atoms with van der Waals surface area (Å²) in [6, 6.07) is 9.19. The molecule has 20 heavy (non-hydrogen) atoms. The molecule has 2 aromatic rings. The molecule has 104 valence electrons. The summed E-state index contributed by atoms with van der Waals surface area (Å²) in [5, 5.41) is 17.2. The van der Waals surface area contributed by atoms with Crippen LogP contribution >= 0.6 is 0 Å². The van der Waals surface area contributed by atoms with Crippen molar-refractivity contribution >= 4 is 5.91 Å². The summed E-state index contributed by atoms with van der Waals surface area (Å²) in [6.45, 7) is 1.84. The van der Waals surface area contributed by atoms with E-state index in [9.17, 15) is 9.90 Å². The van der Waals surface area contributed by atoms with Gasteiger partial charge in [0.1, 0.15) is 5.69 Å². The molecule has 0 unspecified atom stereocenters. The molecule has 1 aromatic heterocycles. The van der Waals surface area contributed by atoms with E-state index >= 15 is 0 Å². The molecule has 3 rings (SSSR count). The number of carbonyl (C=O) groups excluding carboxylic acids is 1. The van der Waals surface area contributed by atoms with Gasteiger partial charge in [-0.15, -0.1) is 0 Å². The summed E-state index contributed by atoms with van der Waals surface area (Å²) in [5.74, 6) is -0.214. The summed E-state index contributed by atoms with van der Waals surface area (Å²) in [6.07, 6.45) is -0.00314. The number of nitrogens with one attached hydrogen (secondary N) is 1. The Kier molecular flexibility index (Phi) is 3.06. The molecule has 5 heteroatoms. The van der Waals surface area contributed by atoms with Crippen LogP contribution < -0.4 is 5.32 Å². The maximum Gasteiger partial charge on any atom is 0.270 e. The van der Waals surface area contributed by atoms with Crippen molar-refractivity contribution in [2.75, 3.05) is 0 Å². The van der Waals surface area contributed by atoms with Crippen LogP contribution in [0.3, 0.4) is 0 Å². The van der Waals surface area contributed by atoms with Gasteiger partial charge >= 0.3 is 0 Å². The van der Waals surface area contributed by atoms with Crippen molar-refractivity contribution in [3.8, 4) is 0 Å². The summed E-state index contributed by atoms with van der Waals surface area (Å²) in [4.78, 5) is 12.3. The number of nitrogens with zero attached hydrogens (tertiary/aromatic N) is 2. The number of carbonyl (C=O) groups is 1. The molecule has 0 saturated heterocycles. The highest BCUT2D eigenvalue weighted by Gasteiger charge is 2.32. The van der Waals surface area contributed by atoms with Crippen molar-refractivity contribution in [3.05, 3.63) is 52.8 Å². The van der Waals surface area contributed by atoms with E-state index in [1.807, 2.05) is 31.2 Å². The van der Waals surface area contributed by atoms with Crippen molar-refractivity contribution < 1.29 is 9.90 Å². The van der Waals surface area contributed by atoms with Crippen molar-refractivity contribution in [2.24, 2.45) is 7.05 Å². The van der Waals surface area contributed by atoms with E-state index in [2.05, 4.69) is 10.4 Å². The van der Waals surface area contributed by atoms with Gasteiger partial charge in [-0.2, -0.15) is 5.10 Å². The lowest BCUT2D eigenvalue weighted by molar-refractivity contribution is 0.0849. The molecule has 0 saturated carbocycles. The first-order valence-electron chi connectivity index (χ1n) is 6.63. The van der Waals surface area contributed by atoms with Crippen molar-refractivity contribution in [1.82, 2.24) is 15.1 Å². The number of hydrogen-bond donors (Lipinski definition) is 2. The highest BCUT2D eigenvalue weighted by molar-refractivity contribution is 5.93. The molecule has 2 N–H and O–H groups in total. The molecule has 0 radical (unpaired) electrons. The number of aliphatic hydroxyl groups is 1. The quantitative estimate of drug-likeness (QED) is 0.860. The van der Waals surface area contributed by atoms with Crippen LogP contribution in [0, 0.1) is 6.92 Å². The summed E-state index contributed by atoms with van der Waals surface area (Å²) in [5.41, 5.74) is 3.38. The van der Waals surface area contributed by atoms with E-state index < -0.39 is 6.10 Å². The van der Waals surface area contributed by atoms with Crippen molar-refractivity contribution in [1.29, 1.82) is 0 Å². The summed E-state index contributed by atoms with van der Waals surface area (Å²) >= 11 is 0. The van der Waals surface area contributed by atoms with Crippen LogP contribution in [0.1, 0.15) is 33.4 Å². The Labute approximate surface area is 117 Å². The van der Waals surface area contributed by atoms with Crippen LogP contribution in [0.25, 0.3) is 0 Å². The molecule has 1 aliphatic carbocycles. The minimum absolute atomic E-state index is 0.214. The standard InChI is InChI=1S/C15H17N3O2/c1-9-7-12(18(2)17-9)15(20)16-14-11-6-4-3-5-10(11)8-13(14)19/h3-7,13-14,19H,8H2,1-2H3,(H,16,20)/t13-,14+/m1/s1. The molecule has 1 aromatic carbocycles. The summed E-state index contributed by atoms with van der Waals surface area (Å²) < 4.78 is 1.55. The van der Waals surface area contributed by atoms with Crippen LogP contribution in [0.15, 0.2) is 30.3 Å². The number of aryl methyl sites for hydroxylation is 2. The molecule has 0 bridgehead atoms. The number of aromatic nitrogens is 2. The molecule has 0 spiro atoms. The third-order valence-electron chi connectivity index (χ3n) is 3.73. The van der Waals surface area contributed by atoms with E-state index in [1.54, 1.807) is 17.8 Å². The van der Waals surface area contributed by atoms with Gasteiger partial charge in [-0.25, -0.2) is 0 Å². The zero-order valence-electron chi connectivity index (χ0n) is 11.5. The fourth-order valence-electron chi connectivity index (χ4n) is 2.79. The highest BCUT2D eigenvalue weighted by atomic mass is 16.3. The maximum atomic E-state index is 12.3. The maximum absolute atomic E-state index is 12.3. The Bertz CT molecular complexity index is 663. The number of fused-ring (bicyclic) bond motifs is 1. The van der Waals surface area contributed by atoms with Crippen LogP contribution in [0.2, 0.25) is 0 Å². The van der Waals surface area contributed by atoms with Crippen LogP contribution in [-0.4, -0.2) is 26.9 Å². The molecule has 1 aliphatic rings. The second kappa shape index (κ2) is 4.76. The second-order valence-electron chi connectivity index (χ2n) is 5.22. The molecule has 1 amide bonds. The van der Waals surface area contributed by atoms with Gasteiger partial charge in [-0.3, -0.25) is 9.48 Å². The molecular formula is C15H17N3O2. The van der Waals surface area contributed by atoms with E-state index in [-0.39, 0.29) is 11.9 Å². The molecule has 5 nitrogen and oxygen atoms in total. The van der Waals surface area contributed by atoms with Crippen LogP contribution in [0.4, 0.5) is 0 Å².